The summed E-state index contributed by atoms with van der Waals surface area (Å²) < 4.78 is 7.17. The molecule has 0 saturated carbocycles. The van der Waals surface area contributed by atoms with Crippen LogP contribution in [0.4, 0.5) is 10.5 Å². The van der Waals surface area contributed by atoms with E-state index in [-0.39, 0.29) is 6.03 Å². The molecule has 3 rings (SSSR count). The Morgan fingerprint density at radius 3 is 2.95 bits per heavy atom. The molecule has 2 amide bonds. The number of anilines is 1. The van der Waals surface area contributed by atoms with Crippen molar-refractivity contribution in [3.8, 4) is 0 Å². The number of aryl methyl sites for hydroxylation is 1. The molecular weight excluding hydrogens is 244 g/mol. The minimum absolute atomic E-state index is 0.0959. The Kier molecular flexibility index (Phi) is 3.08. The van der Waals surface area contributed by atoms with Crippen molar-refractivity contribution in [2.45, 2.75) is 0 Å². The lowest BCUT2D eigenvalue weighted by molar-refractivity contribution is 0.0565. The number of urea groups is 1. The second-order valence-corrected chi connectivity index (χ2v) is 4.56. The first-order chi connectivity index (χ1) is 9.25. The Bertz CT molecular complexity index is 602. The van der Waals surface area contributed by atoms with Crippen molar-refractivity contribution >= 4 is 22.8 Å². The summed E-state index contributed by atoms with van der Waals surface area (Å²) in [7, 11) is 1.93. The number of imidazole rings is 1. The molecule has 1 aliphatic heterocycles. The van der Waals surface area contributed by atoms with E-state index in [4.69, 9.17) is 4.74 Å². The van der Waals surface area contributed by atoms with Crippen LogP contribution in [0.1, 0.15) is 0 Å². The highest BCUT2D eigenvalue weighted by Crippen LogP contribution is 2.21. The highest BCUT2D eigenvalue weighted by Gasteiger charge is 2.17. The van der Waals surface area contributed by atoms with Crippen molar-refractivity contribution in [3.05, 3.63) is 24.5 Å². The lowest BCUT2D eigenvalue weighted by atomic mass is 10.2. The van der Waals surface area contributed by atoms with Gasteiger partial charge in [0.1, 0.15) is 5.52 Å². The third-order valence-corrected chi connectivity index (χ3v) is 3.29. The number of hydrogen-bond acceptors (Lipinski definition) is 3. The molecule has 1 N–H and O–H groups in total. The van der Waals surface area contributed by atoms with E-state index in [0.29, 0.717) is 26.3 Å². The van der Waals surface area contributed by atoms with Crippen LogP contribution in [-0.4, -0.2) is 46.8 Å². The van der Waals surface area contributed by atoms with Crippen molar-refractivity contribution in [2.24, 2.45) is 7.05 Å². The number of amides is 2. The predicted octanol–water partition coefficient (Wildman–Crippen LogP) is 1.44. The standard InChI is InChI=1S/C13H16N4O2/c1-16-9-14-12-10(3-2-4-11(12)16)15-13(18)17-5-7-19-8-6-17/h2-4,9H,5-8H2,1H3,(H,15,18). The van der Waals surface area contributed by atoms with Gasteiger partial charge in [-0.2, -0.15) is 0 Å². The summed E-state index contributed by atoms with van der Waals surface area (Å²) in [6, 6.07) is 5.67. The number of benzene rings is 1. The molecule has 0 atom stereocenters. The van der Waals surface area contributed by atoms with E-state index >= 15 is 0 Å². The van der Waals surface area contributed by atoms with Crippen molar-refractivity contribution in [2.75, 3.05) is 31.6 Å². The maximum atomic E-state index is 12.1. The average Bonchev–Trinajstić information content (AvgIpc) is 2.83. The first kappa shape index (κ1) is 12.0. The minimum atomic E-state index is -0.0959. The van der Waals surface area contributed by atoms with Gasteiger partial charge in [-0.1, -0.05) is 6.07 Å². The van der Waals surface area contributed by atoms with Crippen LogP contribution in [0.5, 0.6) is 0 Å². The number of fused-ring (bicyclic) bond motifs is 1. The molecule has 1 aromatic heterocycles. The van der Waals surface area contributed by atoms with Gasteiger partial charge in [-0.05, 0) is 12.1 Å². The van der Waals surface area contributed by atoms with E-state index in [9.17, 15) is 4.79 Å². The van der Waals surface area contributed by atoms with Gasteiger partial charge in [0.15, 0.2) is 0 Å². The topological polar surface area (TPSA) is 59.4 Å². The maximum absolute atomic E-state index is 12.1. The molecule has 100 valence electrons. The Morgan fingerprint density at radius 2 is 2.16 bits per heavy atom. The fraction of sp³-hybridized carbons (Fsp3) is 0.385. The van der Waals surface area contributed by atoms with Gasteiger partial charge in [-0.25, -0.2) is 9.78 Å². The Balaban J connectivity index is 1.82. The number of hydrogen-bond donors (Lipinski definition) is 1. The number of carbonyl (C=O) groups excluding carboxylic acids is 1. The number of carbonyl (C=O) groups is 1. The van der Waals surface area contributed by atoms with Crippen molar-refractivity contribution in [3.63, 3.8) is 0 Å². The number of rotatable bonds is 1. The van der Waals surface area contributed by atoms with Gasteiger partial charge in [-0.3, -0.25) is 0 Å². The number of nitrogens with one attached hydrogen (secondary N) is 1. The lowest BCUT2D eigenvalue weighted by Gasteiger charge is -2.26. The highest BCUT2D eigenvalue weighted by molar-refractivity contribution is 5.98. The fourth-order valence-electron chi connectivity index (χ4n) is 2.22. The molecule has 6 heteroatoms. The highest BCUT2D eigenvalue weighted by atomic mass is 16.5. The molecule has 2 aromatic rings. The number of para-hydroxylation sites is 1. The molecule has 1 fully saturated rings. The summed E-state index contributed by atoms with van der Waals surface area (Å²) in [5.74, 6) is 0. The Hall–Kier alpha value is -2.08. The third kappa shape index (κ3) is 2.26. The summed E-state index contributed by atoms with van der Waals surface area (Å²) >= 11 is 0. The molecule has 0 radical (unpaired) electrons. The van der Waals surface area contributed by atoms with E-state index in [0.717, 1.165) is 16.7 Å². The molecular formula is C13H16N4O2. The molecule has 0 aliphatic carbocycles. The van der Waals surface area contributed by atoms with Crippen LogP contribution in [0.25, 0.3) is 11.0 Å². The Labute approximate surface area is 111 Å². The van der Waals surface area contributed by atoms with Crippen LogP contribution in [0.2, 0.25) is 0 Å². The zero-order valence-corrected chi connectivity index (χ0v) is 10.8. The van der Waals surface area contributed by atoms with E-state index in [1.54, 1.807) is 11.2 Å². The van der Waals surface area contributed by atoms with Gasteiger partial charge < -0.3 is 19.5 Å². The van der Waals surface area contributed by atoms with E-state index in [1.807, 2.05) is 29.8 Å². The average molecular weight is 260 g/mol. The van der Waals surface area contributed by atoms with E-state index in [1.165, 1.54) is 0 Å². The first-order valence-electron chi connectivity index (χ1n) is 6.29. The molecule has 1 aliphatic rings. The van der Waals surface area contributed by atoms with Gasteiger partial charge in [0.05, 0.1) is 30.7 Å². The normalized spacial score (nSPS) is 15.7. The summed E-state index contributed by atoms with van der Waals surface area (Å²) in [4.78, 5) is 18.2. The molecule has 1 saturated heterocycles. The number of aromatic nitrogens is 2. The molecule has 0 bridgehead atoms. The van der Waals surface area contributed by atoms with E-state index in [2.05, 4.69) is 10.3 Å². The second kappa shape index (κ2) is 4.89. The predicted molar refractivity (Wildman–Crippen MR) is 72.1 cm³/mol. The van der Waals surface area contributed by atoms with Crippen LogP contribution >= 0.6 is 0 Å². The van der Waals surface area contributed by atoms with Gasteiger partial charge in [0.25, 0.3) is 0 Å². The zero-order valence-electron chi connectivity index (χ0n) is 10.8. The molecule has 2 heterocycles. The van der Waals surface area contributed by atoms with Crippen LogP contribution in [-0.2, 0) is 11.8 Å². The maximum Gasteiger partial charge on any atom is 0.322 e. The van der Waals surface area contributed by atoms with Crippen LogP contribution in [0, 0.1) is 0 Å². The van der Waals surface area contributed by atoms with Gasteiger partial charge in [-0.15, -0.1) is 0 Å². The molecule has 19 heavy (non-hydrogen) atoms. The zero-order chi connectivity index (χ0) is 13.2. The van der Waals surface area contributed by atoms with Gasteiger partial charge in [0, 0.05) is 20.1 Å². The van der Waals surface area contributed by atoms with Crippen LogP contribution in [0.3, 0.4) is 0 Å². The lowest BCUT2D eigenvalue weighted by Crippen LogP contribution is -2.43. The second-order valence-electron chi connectivity index (χ2n) is 4.56. The van der Waals surface area contributed by atoms with Crippen LogP contribution < -0.4 is 5.32 Å². The summed E-state index contributed by atoms with van der Waals surface area (Å²) in [6.07, 6.45) is 1.75. The number of nitrogens with zero attached hydrogens (tertiary/aromatic N) is 3. The first-order valence-corrected chi connectivity index (χ1v) is 6.29. The third-order valence-electron chi connectivity index (χ3n) is 3.29. The summed E-state index contributed by atoms with van der Waals surface area (Å²) in [5, 5.41) is 2.92. The van der Waals surface area contributed by atoms with Crippen molar-refractivity contribution in [1.29, 1.82) is 0 Å². The Morgan fingerprint density at radius 1 is 1.37 bits per heavy atom. The SMILES string of the molecule is Cn1cnc2c(NC(=O)N3CCOCC3)cccc21. The number of ether oxygens (including phenoxy) is 1. The fourth-order valence-corrected chi connectivity index (χ4v) is 2.22. The summed E-state index contributed by atoms with van der Waals surface area (Å²) in [5.41, 5.74) is 2.56. The molecule has 0 spiro atoms. The largest absolute Gasteiger partial charge is 0.378 e. The van der Waals surface area contributed by atoms with Crippen molar-refractivity contribution in [1.82, 2.24) is 14.5 Å². The molecule has 0 unspecified atom stereocenters. The van der Waals surface area contributed by atoms with Gasteiger partial charge in [0.2, 0.25) is 0 Å². The molecule has 6 nitrogen and oxygen atoms in total. The number of morpholine rings is 1. The monoisotopic (exact) mass is 260 g/mol. The molecule has 1 aromatic carbocycles. The van der Waals surface area contributed by atoms with Gasteiger partial charge >= 0.3 is 6.03 Å². The smallest absolute Gasteiger partial charge is 0.322 e. The summed E-state index contributed by atoms with van der Waals surface area (Å²) in [6.45, 7) is 2.45. The van der Waals surface area contributed by atoms with Crippen molar-refractivity contribution < 1.29 is 9.53 Å². The minimum Gasteiger partial charge on any atom is -0.378 e. The van der Waals surface area contributed by atoms with Crippen LogP contribution in [0.15, 0.2) is 24.5 Å². The van der Waals surface area contributed by atoms with E-state index < -0.39 is 0 Å². The quantitative estimate of drug-likeness (QED) is 0.844.